The predicted octanol–water partition coefficient (Wildman–Crippen LogP) is 2.50. The number of carboxylic acids is 1. The number of anilines is 1. The van der Waals surface area contributed by atoms with Gasteiger partial charge in [0.15, 0.2) is 0 Å². The zero-order chi connectivity index (χ0) is 18.4. The number of aliphatic hydroxyl groups is 1. The van der Waals surface area contributed by atoms with E-state index in [1.807, 2.05) is 0 Å². The third-order valence-corrected chi connectivity index (χ3v) is 3.25. The molecule has 0 heterocycles. The van der Waals surface area contributed by atoms with Crippen molar-refractivity contribution in [3.05, 3.63) is 65.7 Å². The van der Waals surface area contributed by atoms with Crippen LogP contribution in [0.25, 0.3) is 5.76 Å². The minimum atomic E-state index is -1.67. The Labute approximate surface area is 143 Å². The van der Waals surface area contributed by atoms with E-state index in [-0.39, 0.29) is 5.56 Å². The smallest absolute Gasteiger partial charge is 0.376 e. The fourth-order valence-electron chi connectivity index (χ4n) is 2.06. The number of nitrogens with one attached hydrogen (secondary N) is 1. The molecule has 2 aromatic rings. The second-order valence-electron chi connectivity index (χ2n) is 4.93. The number of amides is 1. The number of hydrogen-bond donors (Lipinski definition) is 3. The van der Waals surface area contributed by atoms with Gasteiger partial charge in [-0.2, -0.15) is 0 Å². The summed E-state index contributed by atoms with van der Waals surface area (Å²) in [5.74, 6) is -3.44. The molecule has 7 nitrogen and oxygen atoms in total. The van der Waals surface area contributed by atoms with Crippen LogP contribution in [0.5, 0.6) is 5.75 Å². The lowest BCUT2D eigenvalue weighted by molar-refractivity contribution is -0.146. The van der Waals surface area contributed by atoms with Crippen molar-refractivity contribution in [1.29, 1.82) is 0 Å². The van der Waals surface area contributed by atoms with Crippen molar-refractivity contribution in [2.45, 2.75) is 0 Å². The fourth-order valence-corrected chi connectivity index (χ4v) is 2.06. The van der Waals surface area contributed by atoms with Crippen LogP contribution in [-0.2, 0) is 9.59 Å². The molecule has 0 bridgehead atoms. The molecule has 3 N–H and O–H groups in total. The molecule has 0 atom stereocenters. The number of para-hydroxylation sites is 1. The van der Waals surface area contributed by atoms with E-state index >= 15 is 0 Å². The van der Waals surface area contributed by atoms with Crippen LogP contribution in [0, 0.1) is 0 Å². The average Bonchev–Trinajstić information content (AvgIpc) is 2.61. The summed E-state index contributed by atoms with van der Waals surface area (Å²) in [5, 5.41) is 21.0. The monoisotopic (exact) mass is 341 g/mol. The minimum Gasteiger partial charge on any atom is -0.507 e. The van der Waals surface area contributed by atoms with Gasteiger partial charge in [-0.3, -0.25) is 9.59 Å². The second kappa shape index (κ2) is 7.78. The van der Waals surface area contributed by atoms with E-state index in [2.05, 4.69) is 5.32 Å². The molecule has 0 aromatic heterocycles. The van der Waals surface area contributed by atoms with Gasteiger partial charge in [0, 0.05) is 17.3 Å². The van der Waals surface area contributed by atoms with Crippen LogP contribution in [0.2, 0.25) is 0 Å². The lowest BCUT2D eigenvalue weighted by Crippen LogP contribution is -2.13. The second-order valence-corrected chi connectivity index (χ2v) is 4.93. The van der Waals surface area contributed by atoms with Gasteiger partial charge >= 0.3 is 5.97 Å². The van der Waals surface area contributed by atoms with Gasteiger partial charge in [-0.25, -0.2) is 4.79 Å². The van der Waals surface area contributed by atoms with Gasteiger partial charge in [-0.05, 0) is 24.3 Å². The molecule has 0 aliphatic carbocycles. The third-order valence-electron chi connectivity index (χ3n) is 3.25. The maximum absolute atomic E-state index is 12.3. The van der Waals surface area contributed by atoms with Crippen molar-refractivity contribution in [2.75, 3.05) is 12.4 Å². The van der Waals surface area contributed by atoms with Crippen molar-refractivity contribution >= 4 is 29.1 Å². The summed E-state index contributed by atoms with van der Waals surface area (Å²) in [6, 6.07) is 12.7. The molecule has 0 fully saturated rings. The van der Waals surface area contributed by atoms with Gasteiger partial charge in [0.1, 0.15) is 11.5 Å². The Morgan fingerprint density at radius 1 is 1.04 bits per heavy atom. The molecule has 0 saturated heterocycles. The van der Waals surface area contributed by atoms with E-state index in [4.69, 9.17) is 9.84 Å². The number of benzene rings is 2. The number of aliphatic hydroxyl groups excluding tert-OH is 1. The summed E-state index contributed by atoms with van der Waals surface area (Å²) >= 11 is 0. The number of carbonyl (C=O) groups is 3. The van der Waals surface area contributed by atoms with E-state index in [0.717, 1.165) is 0 Å². The average molecular weight is 341 g/mol. The third kappa shape index (κ3) is 4.44. The first kappa shape index (κ1) is 17.7. The molecular formula is C18H15NO6. The van der Waals surface area contributed by atoms with Gasteiger partial charge in [-0.15, -0.1) is 0 Å². The first-order valence-corrected chi connectivity index (χ1v) is 7.15. The summed E-state index contributed by atoms with van der Waals surface area (Å²) < 4.78 is 5.13. The largest absolute Gasteiger partial charge is 0.507 e. The van der Waals surface area contributed by atoms with Crippen molar-refractivity contribution in [3.8, 4) is 5.75 Å². The van der Waals surface area contributed by atoms with Gasteiger partial charge in [0.2, 0.25) is 0 Å². The topological polar surface area (TPSA) is 113 Å². The van der Waals surface area contributed by atoms with Crippen molar-refractivity contribution in [1.82, 2.24) is 0 Å². The van der Waals surface area contributed by atoms with E-state index in [0.29, 0.717) is 23.1 Å². The van der Waals surface area contributed by atoms with Crippen molar-refractivity contribution in [3.63, 3.8) is 0 Å². The highest BCUT2D eigenvalue weighted by Crippen LogP contribution is 2.21. The standard InChI is InChI=1S/C18H15NO6/c1-25-16-8-3-2-7-13(16)17(22)19-12-6-4-5-11(9-12)14(20)10-15(21)18(23)24/h2-10,20H,1H3,(H,19,22)(H,23,24). The van der Waals surface area contributed by atoms with E-state index in [1.165, 1.54) is 19.2 Å². The molecule has 0 aliphatic heterocycles. The first-order chi connectivity index (χ1) is 11.9. The molecule has 128 valence electrons. The van der Waals surface area contributed by atoms with E-state index in [9.17, 15) is 19.5 Å². The molecule has 25 heavy (non-hydrogen) atoms. The zero-order valence-electron chi connectivity index (χ0n) is 13.2. The number of carboxylic acid groups (broad SMARTS) is 1. The first-order valence-electron chi connectivity index (χ1n) is 7.15. The molecule has 0 aliphatic rings. The van der Waals surface area contributed by atoms with Crippen LogP contribution < -0.4 is 10.1 Å². The Kier molecular flexibility index (Phi) is 5.52. The molecule has 1 amide bonds. The number of carbonyl (C=O) groups excluding carboxylic acids is 2. The molecule has 0 unspecified atom stereocenters. The number of ether oxygens (including phenoxy) is 1. The quantitative estimate of drug-likeness (QED) is 0.423. The molecule has 0 spiro atoms. The van der Waals surface area contributed by atoms with Gasteiger partial charge in [-0.1, -0.05) is 24.3 Å². The number of aliphatic carboxylic acids is 1. The lowest BCUT2D eigenvalue weighted by Gasteiger charge is -2.10. The summed E-state index contributed by atoms with van der Waals surface area (Å²) in [7, 11) is 1.45. The Morgan fingerprint density at radius 2 is 1.76 bits per heavy atom. The lowest BCUT2D eigenvalue weighted by atomic mass is 10.1. The summed E-state index contributed by atoms with van der Waals surface area (Å²) in [6.07, 6.45) is 0.601. The summed E-state index contributed by atoms with van der Waals surface area (Å²) in [6.45, 7) is 0. The molecule has 2 aromatic carbocycles. The molecular weight excluding hydrogens is 326 g/mol. The number of hydrogen-bond acceptors (Lipinski definition) is 5. The molecule has 0 radical (unpaired) electrons. The van der Waals surface area contributed by atoms with Crippen LogP contribution in [0.1, 0.15) is 15.9 Å². The molecule has 7 heteroatoms. The molecule has 0 saturated carbocycles. The van der Waals surface area contributed by atoms with Crippen LogP contribution in [0.4, 0.5) is 5.69 Å². The highest BCUT2D eigenvalue weighted by molar-refractivity contribution is 6.38. The van der Waals surface area contributed by atoms with Gasteiger partial charge in [0.05, 0.1) is 12.7 Å². The highest BCUT2D eigenvalue weighted by Gasteiger charge is 2.13. The Morgan fingerprint density at radius 3 is 2.44 bits per heavy atom. The summed E-state index contributed by atoms with van der Waals surface area (Å²) in [5.41, 5.74) is 0.875. The number of ketones is 1. The fraction of sp³-hybridized carbons (Fsp3) is 0.0556. The zero-order valence-corrected chi connectivity index (χ0v) is 13.2. The Balaban J connectivity index is 2.23. The van der Waals surface area contributed by atoms with Crippen LogP contribution in [-0.4, -0.2) is 35.0 Å². The van der Waals surface area contributed by atoms with Crippen LogP contribution >= 0.6 is 0 Å². The normalized spacial score (nSPS) is 10.8. The maximum Gasteiger partial charge on any atom is 0.376 e. The van der Waals surface area contributed by atoms with Gasteiger partial charge < -0.3 is 20.3 Å². The van der Waals surface area contributed by atoms with Gasteiger partial charge in [0.25, 0.3) is 11.7 Å². The van der Waals surface area contributed by atoms with Crippen molar-refractivity contribution in [2.24, 2.45) is 0 Å². The Bertz CT molecular complexity index is 856. The van der Waals surface area contributed by atoms with Crippen LogP contribution in [0.15, 0.2) is 54.6 Å². The molecule has 2 rings (SSSR count). The SMILES string of the molecule is COc1ccccc1C(=O)Nc1cccc(C(O)=CC(=O)C(=O)O)c1. The number of methoxy groups -OCH3 is 1. The Hall–Kier alpha value is -3.61. The number of rotatable bonds is 6. The van der Waals surface area contributed by atoms with E-state index < -0.39 is 23.4 Å². The highest BCUT2D eigenvalue weighted by atomic mass is 16.5. The maximum atomic E-state index is 12.3. The van der Waals surface area contributed by atoms with E-state index in [1.54, 1.807) is 36.4 Å². The predicted molar refractivity (Wildman–Crippen MR) is 90.6 cm³/mol. The summed E-state index contributed by atoms with van der Waals surface area (Å²) in [4.78, 5) is 34.0. The van der Waals surface area contributed by atoms with Crippen molar-refractivity contribution < 1.29 is 29.3 Å². The van der Waals surface area contributed by atoms with Crippen LogP contribution in [0.3, 0.4) is 0 Å². The minimum absolute atomic E-state index is 0.187.